The van der Waals surface area contributed by atoms with Crippen LogP contribution in [0.4, 0.5) is 10.1 Å². The quantitative estimate of drug-likeness (QED) is 0.843. The van der Waals surface area contributed by atoms with E-state index in [4.69, 9.17) is 5.73 Å². The van der Waals surface area contributed by atoms with Crippen LogP contribution in [0.1, 0.15) is 19.3 Å². The minimum Gasteiger partial charge on any atom is -0.396 e. The molecule has 0 radical (unpaired) electrons. The second-order valence-electron chi connectivity index (χ2n) is 5.46. The van der Waals surface area contributed by atoms with Crippen LogP contribution in [-0.2, 0) is 10.0 Å². The van der Waals surface area contributed by atoms with Crippen LogP contribution >= 0.6 is 0 Å². The van der Waals surface area contributed by atoms with Gasteiger partial charge in [0.05, 0.1) is 10.6 Å². The maximum Gasteiger partial charge on any atom is 0.243 e. The lowest BCUT2D eigenvalue weighted by atomic mass is 10.0. The van der Waals surface area contributed by atoms with Gasteiger partial charge >= 0.3 is 0 Å². The SMILES string of the molecule is Nc1cc(S(=O)(=O)N2CC3CCCC3C2)ccc1F. The molecule has 1 aromatic carbocycles. The number of hydrogen-bond donors (Lipinski definition) is 1. The zero-order chi connectivity index (χ0) is 13.6. The van der Waals surface area contributed by atoms with E-state index in [0.717, 1.165) is 18.9 Å². The molecule has 104 valence electrons. The average molecular weight is 284 g/mol. The van der Waals surface area contributed by atoms with Gasteiger partial charge in [-0.15, -0.1) is 0 Å². The lowest BCUT2D eigenvalue weighted by Gasteiger charge is -2.17. The second-order valence-corrected chi connectivity index (χ2v) is 7.39. The molecule has 2 fully saturated rings. The molecule has 2 unspecified atom stereocenters. The Morgan fingerprint density at radius 2 is 1.84 bits per heavy atom. The number of nitrogens with zero attached hydrogens (tertiary/aromatic N) is 1. The molecule has 1 saturated carbocycles. The van der Waals surface area contributed by atoms with Gasteiger partial charge in [0.25, 0.3) is 0 Å². The van der Waals surface area contributed by atoms with Gasteiger partial charge in [-0.3, -0.25) is 0 Å². The van der Waals surface area contributed by atoms with Crippen LogP contribution in [0.3, 0.4) is 0 Å². The molecule has 0 spiro atoms. The molecule has 1 aromatic rings. The Hall–Kier alpha value is -1.14. The number of hydrogen-bond acceptors (Lipinski definition) is 3. The summed E-state index contributed by atoms with van der Waals surface area (Å²) < 4.78 is 39.6. The van der Waals surface area contributed by atoms with Crippen molar-refractivity contribution in [1.29, 1.82) is 0 Å². The van der Waals surface area contributed by atoms with Crippen molar-refractivity contribution < 1.29 is 12.8 Å². The molecule has 0 amide bonds. The number of nitrogens with two attached hydrogens (primary N) is 1. The predicted molar refractivity (Wildman–Crippen MR) is 70.4 cm³/mol. The minimum atomic E-state index is -3.53. The summed E-state index contributed by atoms with van der Waals surface area (Å²) in [5.74, 6) is 0.400. The summed E-state index contributed by atoms with van der Waals surface area (Å²) >= 11 is 0. The van der Waals surface area contributed by atoms with Gasteiger partial charge in [0.2, 0.25) is 10.0 Å². The van der Waals surface area contributed by atoms with E-state index in [9.17, 15) is 12.8 Å². The fraction of sp³-hybridized carbons (Fsp3) is 0.538. The van der Waals surface area contributed by atoms with Crippen molar-refractivity contribution in [1.82, 2.24) is 4.31 Å². The lowest BCUT2D eigenvalue weighted by Crippen LogP contribution is -2.29. The summed E-state index contributed by atoms with van der Waals surface area (Å²) in [5.41, 5.74) is 5.33. The van der Waals surface area contributed by atoms with Gasteiger partial charge in [-0.25, -0.2) is 12.8 Å². The molecule has 0 aromatic heterocycles. The first-order valence-electron chi connectivity index (χ1n) is 6.53. The molecule has 2 atom stereocenters. The van der Waals surface area contributed by atoms with E-state index in [2.05, 4.69) is 0 Å². The standard InChI is InChI=1S/C13H17FN2O2S/c14-12-5-4-11(6-13(12)15)19(17,18)16-7-9-2-1-3-10(9)8-16/h4-6,9-10H,1-3,7-8,15H2. The van der Waals surface area contributed by atoms with Crippen molar-refractivity contribution in [2.45, 2.75) is 24.2 Å². The fourth-order valence-electron chi connectivity index (χ4n) is 3.22. The van der Waals surface area contributed by atoms with E-state index in [-0.39, 0.29) is 10.6 Å². The number of fused-ring (bicyclic) bond motifs is 1. The van der Waals surface area contributed by atoms with Gasteiger partial charge in [-0.2, -0.15) is 4.31 Å². The Morgan fingerprint density at radius 1 is 1.21 bits per heavy atom. The van der Waals surface area contributed by atoms with Gasteiger partial charge < -0.3 is 5.73 Å². The molecule has 1 saturated heterocycles. The van der Waals surface area contributed by atoms with Crippen molar-refractivity contribution in [3.63, 3.8) is 0 Å². The summed E-state index contributed by atoms with van der Waals surface area (Å²) in [5, 5.41) is 0. The summed E-state index contributed by atoms with van der Waals surface area (Å²) in [6, 6.07) is 3.60. The molecule has 4 nitrogen and oxygen atoms in total. The molecular formula is C13H17FN2O2S. The van der Waals surface area contributed by atoms with Crippen molar-refractivity contribution in [3.8, 4) is 0 Å². The largest absolute Gasteiger partial charge is 0.396 e. The topological polar surface area (TPSA) is 63.4 Å². The number of benzene rings is 1. The molecule has 1 heterocycles. The normalized spacial score (nSPS) is 27.6. The minimum absolute atomic E-state index is 0.0892. The molecule has 3 rings (SSSR count). The highest BCUT2D eigenvalue weighted by molar-refractivity contribution is 7.89. The first kappa shape index (κ1) is 12.9. The van der Waals surface area contributed by atoms with Crippen LogP contribution in [-0.4, -0.2) is 25.8 Å². The number of halogens is 1. The van der Waals surface area contributed by atoms with Gasteiger partial charge in [0, 0.05) is 13.1 Å². The monoisotopic (exact) mass is 284 g/mol. The van der Waals surface area contributed by atoms with E-state index >= 15 is 0 Å². The summed E-state index contributed by atoms with van der Waals surface area (Å²) in [4.78, 5) is 0.0892. The van der Waals surface area contributed by atoms with Crippen LogP contribution in [0.25, 0.3) is 0 Å². The average Bonchev–Trinajstić information content (AvgIpc) is 2.93. The third kappa shape index (κ3) is 2.12. The predicted octanol–water partition coefficient (Wildman–Crippen LogP) is 1.83. The summed E-state index contributed by atoms with van der Waals surface area (Å²) in [6.45, 7) is 1.18. The molecule has 6 heteroatoms. The zero-order valence-corrected chi connectivity index (χ0v) is 11.4. The highest BCUT2D eigenvalue weighted by atomic mass is 32.2. The Bertz CT molecular complexity index is 591. The van der Waals surface area contributed by atoms with Crippen LogP contribution in [0.2, 0.25) is 0 Å². The lowest BCUT2D eigenvalue weighted by molar-refractivity contribution is 0.445. The number of rotatable bonds is 2. The third-order valence-electron chi connectivity index (χ3n) is 4.30. The van der Waals surface area contributed by atoms with Crippen molar-refractivity contribution in [2.75, 3.05) is 18.8 Å². The molecule has 2 N–H and O–H groups in total. The van der Waals surface area contributed by atoms with Crippen molar-refractivity contribution >= 4 is 15.7 Å². The van der Waals surface area contributed by atoms with Gasteiger partial charge in [0.15, 0.2) is 0 Å². The maximum absolute atomic E-state index is 13.1. The second kappa shape index (κ2) is 4.45. The molecule has 2 aliphatic rings. The highest BCUT2D eigenvalue weighted by Crippen LogP contribution is 2.39. The molecule has 1 aliphatic carbocycles. The van der Waals surface area contributed by atoms with Crippen LogP contribution in [0.5, 0.6) is 0 Å². The third-order valence-corrected chi connectivity index (χ3v) is 6.13. The first-order valence-corrected chi connectivity index (χ1v) is 7.97. The Balaban J connectivity index is 1.88. The van der Waals surface area contributed by atoms with Gasteiger partial charge in [-0.05, 0) is 42.9 Å². The summed E-state index contributed by atoms with van der Waals surface area (Å²) in [6.07, 6.45) is 3.43. The van der Waals surface area contributed by atoms with E-state index in [0.29, 0.717) is 24.9 Å². The molecule has 0 bridgehead atoms. The number of nitrogen functional groups attached to an aromatic ring is 1. The Morgan fingerprint density at radius 3 is 2.42 bits per heavy atom. The zero-order valence-electron chi connectivity index (χ0n) is 10.5. The van der Waals surface area contributed by atoms with Crippen LogP contribution in [0, 0.1) is 17.7 Å². The molecular weight excluding hydrogens is 267 g/mol. The van der Waals surface area contributed by atoms with Crippen molar-refractivity contribution in [3.05, 3.63) is 24.0 Å². The fourth-order valence-corrected chi connectivity index (χ4v) is 4.81. The number of sulfonamides is 1. The molecule has 1 aliphatic heterocycles. The van der Waals surface area contributed by atoms with E-state index in [1.807, 2.05) is 0 Å². The van der Waals surface area contributed by atoms with E-state index in [1.165, 1.54) is 22.9 Å². The van der Waals surface area contributed by atoms with Gasteiger partial charge in [-0.1, -0.05) is 6.42 Å². The maximum atomic E-state index is 13.1. The highest BCUT2D eigenvalue weighted by Gasteiger charge is 2.41. The Kier molecular flexibility index (Phi) is 3.02. The van der Waals surface area contributed by atoms with Crippen LogP contribution < -0.4 is 5.73 Å². The van der Waals surface area contributed by atoms with Gasteiger partial charge in [0.1, 0.15) is 5.82 Å². The first-order chi connectivity index (χ1) is 8.98. The van der Waals surface area contributed by atoms with Crippen LogP contribution in [0.15, 0.2) is 23.1 Å². The van der Waals surface area contributed by atoms with Crippen molar-refractivity contribution in [2.24, 2.45) is 11.8 Å². The molecule has 19 heavy (non-hydrogen) atoms. The smallest absolute Gasteiger partial charge is 0.243 e. The summed E-state index contributed by atoms with van der Waals surface area (Å²) in [7, 11) is -3.53. The van der Waals surface area contributed by atoms with E-state index in [1.54, 1.807) is 0 Å². The number of anilines is 1. The van der Waals surface area contributed by atoms with E-state index < -0.39 is 15.8 Å². The Labute approximate surface area is 112 Å².